The number of nitrogens with one attached hydrogen (secondary N) is 3. The average molecular weight is 540 g/mol. The van der Waals surface area contributed by atoms with Crippen LogP contribution >= 0.6 is 0 Å². The summed E-state index contributed by atoms with van der Waals surface area (Å²) in [6, 6.07) is 5.50. The second kappa shape index (κ2) is 25.2. The average Bonchev–Trinajstić information content (AvgIpc) is 2.98. The predicted octanol–water partition coefficient (Wildman–Crippen LogP) is 8.89. The summed E-state index contributed by atoms with van der Waals surface area (Å²) >= 11 is 0. The number of nitrogen functional groups attached to an aromatic ring is 1. The molecule has 0 spiro atoms. The lowest BCUT2D eigenvalue weighted by atomic mass is 9.99. The van der Waals surface area contributed by atoms with Gasteiger partial charge in [0, 0.05) is 23.2 Å². The minimum atomic E-state index is 0.571. The molecule has 5 N–H and O–H groups in total. The molecule has 0 aromatic heterocycles. The van der Waals surface area contributed by atoms with E-state index in [-0.39, 0.29) is 0 Å². The van der Waals surface area contributed by atoms with Crippen molar-refractivity contribution in [3.05, 3.63) is 71.7 Å². The third kappa shape index (κ3) is 16.4. The number of allylic oxidation sites excluding steroid dienone is 4. The van der Waals surface area contributed by atoms with Crippen molar-refractivity contribution in [1.29, 1.82) is 5.41 Å². The summed E-state index contributed by atoms with van der Waals surface area (Å²) in [7, 11) is 0. The third-order valence-electron chi connectivity index (χ3n) is 5.42. The van der Waals surface area contributed by atoms with Crippen molar-refractivity contribution in [2.24, 2.45) is 10.9 Å². The van der Waals surface area contributed by atoms with E-state index >= 15 is 0 Å². The Morgan fingerprint density at radius 1 is 1.18 bits per heavy atom. The maximum absolute atomic E-state index is 7.54. The maximum Gasteiger partial charge on any atom is 0.130 e. The van der Waals surface area contributed by atoms with Crippen molar-refractivity contribution >= 4 is 23.4 Å². The zero-order valence-corrected chi connectivity index (χ0v) is 26.3. The monoisotopic (exact) mass is 539 g/mol. The minimum Gasteiger partial charge on any atom is -0.498 e. The Labute approximate surface area is 240 Å². The molecule has 0 bridgehead atoms. The minimum absolute atomic E-state index is 0.571. The number of nitrogens with zero attached hydrogens (tertiary/aromatic N) is 1. The van der Waals surface area contributed by atoms with Gasteiger partial charge in [0.2, 0.25) is 0 Å². The van der Waals surface area contributed by atoms with Crippen molar-refractivity contribution in [1.82, 2.24) is 5.32 Å². The molecule has 1 aromatic carbocycles. The van der Waals surface area contributed by atoms with E-state index in [0.29, 0.717) is 23.0 Å². The molecule has 6 nitrogen and oxygen atoms in total. The van der Waals surface area contributed by atoms with Crippen LogP contribution in [0.2, 0.25) is 0 Å². The van der Waals surface area contributed by atoms with Crippen LogP contribution in [0.25, 0.3) is 0 Å². The number of benzene rings is 1. The van der Waals surface area contributed by atoms with Gasteiger partial charge in [0.05, 0.1) is 18.1 Å². The lowest BCUT2D eigenvalue weighted by Gasteiger charge is -2.22. The van der Waals surface area contributed by atoms with Gasteiger partial charge in [-0.15, -0.1) is 0 Å². The first kappa shape index (κ1) is 38.0. The van der Waals surface area contributed by atoms with Crippen LogP contribution in [0.5, 0.6) is 0 Å². The van der Waals surface area contributed by atoms with Crippen LogP contribution in [0.3, 0.4) is 0 Å². The second-order valence-electron chi connectivity index (χ2n) is 8.27. The molecule has 220 valence electrons. The summed E-state index contributed by atoms with van der Waals surface area (Å²) in [6.45, 7) is 25.2. The number of piperidine rings is 1. The van der Waals surface area contributed by atoms with Crippen LogP contribution in [0.4, 0.5) is 11.4 Å². The summed E-state index contributed by atoms with van der Waals surface area (Å²) < 4.78 is 6.03. The molecule has 0 amide bonds. The molecule has 0 radical (unpaired) electrons. The summed E-state index contributed by atoms with van der Waals surface area (Å²) in [5.41, 5.74) is 9.59. The van der Waals surface area contributed by atoms with Gasteiger partial charge >= 0.3 is 0 Å². The van der Waals surface area contributed by atoms with E-state index in [4.69, 9.17) is 20.9 Å². The first-order valence-electron chi connectivity index (χ1n) is 14.8. The molecular weight excluding hydrogens is 482 g/mol. The maximum atomic E-state index is 7.54. The zero-order chi connectivity index (χ0) is 30.1. The molecule has 1 aliphatic heterocycles. The zero-order valence-electron chi connectivity index (χ0n) is 26.3. The molecule has 6 heteroatoms. The Morgan fingerprint density at radius 3 is 2.38 bits per heavy atom. The molecule has 0 saturated carbocycles. The molecule has 0 unspecified atom stereocenters. The molecule has 2 rings (SSSR count). The summed E-state index contributed by atoms with van der Waals surface area (Å²) in [5, 5.41) is 14.3. The lowest BCUT2D eigenvalue weighted by molar-refractivity contribution is 0.147. The normalized spacial score (nSPS) is 14.1. The van der Waals surface area contributed by atoms with Crippen molar-refractivity contribution in [3.63, 3.8) is 0 Å². The Balaban J connectivity index is 0. The number of aliphatic imine (C=N–C) groups is 1. The highest BCUT2D eigenvalue weighted by Gasteiger charge is 2.13. The quantitative estimate of drug-likeness (QED) is 0.0742. The number of amidine groups is 1. The van der Waals surface area contributed by atoms with Gasteiger partial charge in [-0.25, -0.2) is 4.99 Å². The molecule has 1 heterocycles. The summed E-state index contributed by atoms with van der Waals surface area (Å²) in [4.78, 5) is 4.86. The third-order valence-corrected chi connectivity index (χ3v) is 5.42. The smallest absolute Gasteiger partial charge is 0.130 e. The summed E-state index contributed by atoms with van der Waals surface area (Å²) in [5.74, 6) is 2.14. The van der Waals surface area contributed by atoms with Crippen LogP contribution in [0.1, 0.15) is 93.6 Å². The fourth-order valence-electron chi connectivity index (χ4n) is 3.51. The van der Waals surface area contributed by atoms with Gasteiger partial charge < -0.3 is 26.5 Å². The lowest BCUT2D eigenvalue weighted by Crippen LogP contribution is -2.29. The van der Waals surface area contributed by atoms with E-state index in [0.717, 1.165) is 68.1 Å². The highest BCUT2D eigenvalue weighted by atomic mass is 16.5. The Kier molecular flexibility index (Phi) is 24.5. The molecule has 1 fully saturated rings. The van der Waals surface area contributed by atoms with E-state index in [1.165, 1.54) is 6.21 Å². The number of nitrogens with two attached hydrogens (primary N) is 1. The molecule has 1 aromatic rings. The van der Waals surface area contributed by atoms with Crippen LogP contribution in [0, 0.1) is 11.3 Å². The number of unbranched alkanes of at least 4 members (excludes halogenated alkanes) is 1. The molecule has 1 aliphatic rings. The SMILES string of the molecule is C=C(/C=C(\C)OCC1CCNCC1)C(=C\CCC)/N=C(/C=C\C)Nc1ccc(N)c(C=N)c1.CC.CC.CC. The Morgan fingerprint density at radius 2 is 1.82 bits per heavy atom. The van der Waals surface area contributed by atoms with Crippen LogP contribution in [-0.4, -0.2) is 31.7 Å². The predicted molar refractivity (Wildman–Crippen MR) is 176 cm³/mol. The first-order valence-corrected chi connectivity index (χ1v) is 14.8. The highest BCUT2D eigenvalue weighted by Crippen LogP contribution is 2.20. The van der Waals surface area contributed by atoms with E-state index in [1.807, 2.05) is 85.8 Å². The van der Waals surface area contributed by atoms with Crippen molar-refractivity contribution in [2.75, 3.05) is 30.7 Å². The number of hydrogen-bond acceptors (Lipinski definition) is 5. The molecule has 1 saturated heterocycles. The molecule has 39 heavy (non-hydrogen) atoms. The summed E-state index contributed by atoms with van der Waals surface area (Å²) in [6.07, 6.45) is 13.4. The van der Waals surface area contributed by atoms with Gasteiger partial charge in [-0.05, 0) is 88.0 Å². The standard InChI is InChI=1S/C27H39N5O.3C2H6/c1-5-7-9-26(20(3)16-21(4)33-19-22-12-14-30-15-13-22)32-27(8-6-2)31-24-10-11-25(29)23(17-24)18-28;3*1-2/h6,8-11,16-18,22,28,30H,3,5,7,12-15,19,29H2,1-2,4H3,(H,31,32);3*1-2H3/b8-6-,21-16+,26-9+,28-18?;;;. The molecule has 0 atom stereocenters. The molecular formula is C33H57N5O. The van der Waals surface area contributed by atoms with Crippen molar-refractivity contribution in [2.45, 2.75) is 88.0 Å². The van der Waals surface area contributed by atoms with Crippen LogP contribution in [0.15, 0.2) is 71.1 Å². The fourth-order valence-corrected chi connectivity index (χ4v) is 3.51. The first-order chi connectivity index (χ1) is 19.0. The molecule has 0 aliphatic carbocycles. The number of hydrogen-bond donors (Lipinski definition) is 4. The van der Waals surface area contributed by atoms with Gasteiger partial charge in [0.1, 0.15) is 5.84 Å². The van der Waals surface area contributed by atoms with E-state index in [1.54, 1.807) is 6.07 Å². The number of anilines is 2. The van der Waals surface area contributed by atoms with Crippen LogP contribution in [-0.2, 0) is 4.74 Å². The van der Waals surface area contributed by atoms with Gasteiger partial charge in [0.25, 0.3) is 0 Å². The van der Waals surface area contributed by atoms with E-state index in [2.05, 4.69) is 30.2 Å². The van der Waals surface area contributed by atoms with Gasteiger partial charge in [-0.1, -0.05) is 73.6 Å². The fraction of sp³-hybridized carbons (Fsp3) is 0.515. The van der Waals surface area contributed by atoms with E-state index in [9.17, 15) is 0 Å². The van der Waals surface area contributed by atoms with Crippen molar-refractivity contribution in [3.8, 4) is 0 Å². The van der Waals surface area contributed by atoms with Crippen LogP contribution < -0.4 is 16.4 Å². The second-order valence-corrected chi connectivity index (χ2v) is 8.27. The van der Waals surface area contributed by atoms with Crippen molar-refractivity contribution < 1.29 is 4.74 Å². The number of ether oxygens (including phenoxy) is 1. The highest BCUT2D eigenvalue weighted by molar-refractivity contribution is 6.05. The Hall–Kier alpha value is -3.12. The van der Waals surface area contributed by atoms with Gasteiger partial charge in [-0.3, -0.25) is 0 Å². The largest absolute Gasteiger partial charge is 0.498 e. The topological polar surface area (TPSA) is 95.5 Å². The van der Waals surface area contributed by atoms with Gasteiger partial charge in [0.15, 0.2) is 0 Å². The number of rotatable bonds is 11. The Bertz CT molecular complexity index is 922. The van der Waals surface area contributed by atoms with E-state index < -0.39 is 0 Å². The van der Waals surface area contributed by atoms with Gasteiger partial charge in [-0.2, -0.15) is 0 Å².